The Morgan fingerprint density at radius 1 is 1.19 bits per heavy atom. The van der Waals surface area contributed by atoms with Crippen LogP contribution in [-0.2, 0) is 13.1 Å². The molecule has 0 saturated carbocycles. The maximum absolute atomic E-state index is 10.9. The van der Waals surface area contributed by atoms with E-state index in [1.165, 1.54) is 5.56 Å². The number of methoxy groups -OCH3 is 1. The molecule has 4 heteroatoms. The number of rotatable bonds is 6. The minimum absolute atomic E-state index is 0.668. The fraction of sp³-hybridized carbons (Fsp3) is 0.235. The Morgan fingerprint density at radius 2 is 2.00 bits per heavy atom. The molecular formula is C17H18BrNO2. The number of carbonyl (C=O) groups excluding carboxylic acids is 1. The first kappa shape index (κ1) is 15.7. The van der Waals surface area contributed by atoms with Gasteiger partial charge in [-0.3, -0.25) is 9.69 Å². The van der Waals surface area contributed by atoms with Gasteiger partial charge in [0.2, 0.25) is 0 Å². The van der Waals surface area contributed by atoms with Gasteiger partial charge >= 0.3 is 0 Å². The zero-order chi connectivity index (χ0) is 15.2. The van der Waals surface area contributed by atoms with Crippen molar-refractivity contribution in [3.05, 3.63) is 63.6 Å². The van der Waals surface area contributed by atoms with E-state index < -0.39 is 0 Å². The lowest BCUT2D eigenvalue weighted by Crippen LogP contribution is -2.17. The van der Waals surface area contributed by atoms with Crippen molar-refractivity contribution in [2.45, 2.75) is 13.1 Å². The lowest BCUT2D eigenvalue weighted by Gasteiger charge is -2.19. The molecule has 2 rings (SSSR count). The molecule has 0 spiro atoms. The summed E-state index contributed by atoms with van der Waals surface area (Å²) in [6.45, 7) is 1.55. The molecule has 0 saturated heterocycles. The van der Waals surface area contributed by atoms with E-state index >= 15 is 0 Å². The van der Waals surface area contributed by atoms with Crippen LogP contribution >= 0.6 is 15.9 Å². The standard InChI is InChI=1S/C17H18BrNO2/c1-19(10-13-4-3-5-16(18)9-13)11-15-8-14(12-20)6-7-17(15)21-2/h3-9,12H,10-11H2,1-2H3. The molecule has 0 aliphatic carbocycles. The van der Waals surface area contributed by atoms with Crippen molar-refractivity contribution in [1.82, 2.24) is 4.90 Å². The highest BCUT2D eigenvalue weighted by Crippen LogP contribution is 2.22. The van der Waals surface area contributed by atoms with Crippen molar-refractivity contribution in [1.29, 1.82) is 0 Å². The topological polar surface area (TPSA) is 29.5 Å². The van der Waals surface area contributed by atoms with Gasteiger partial charge in [0.25, 0.3) is 0 Å². The number of halogens is 1. The highest BCUT2D eigenvalue weighted by atomic mass is 79.9. The van der Waals surface area contributed by atoms with Gasteiger partial charge in [-0.2, -0.15) is 0 Å². The second-order valence-corrected chi connectivity index (χ2v) is 5.91. The molecule has 0 aromatic heterocycles. The zero-order valence-corrected chi connectivity index (χ0v) is 13.8. The van der Waals surface area contributed by atoms with Gasteiger partial charge in [0.05, 0.1) is 7.11 Å². The Morgan fingerprint density at radius 3 is 2.67 bits per heavy atom. The Hall–Kier alpha value is -1.65. The Kier molecular flexibility index (Phi) is 5.53. The van der Waals surface area contributed by atoms with Crippen molar-refractivity contribution in [2.24, 2.45) is 0 Å². The Bertz CT molecular complexity index is 628. The second-order valence-electron chi connectivity index (χ2n) is 4.99. The summed E-state index contributed by atoms with van der Waals surface area (Å²) >= 11 is 3.48. The summed E-state index contributed by atoms with van der Waals surface area (Å²) in [5, 5.41) is 0. The van der Waals surface area contributed by atoms with Crippen LogP contribution in [0.4, 0.5) is 0 Å². The van der Waals surface area contributed by atoms with Gasteiger partial charge in [-0.25, -0.2) is 0 Å². The maximum atomic E-state index is 10.9. The molecule has 0 atom stereocenters. The quantitative estimate of drug-likeness (QED) is 0.742. The highest BCUT2D eigenvalue weighted by molar-refractivity contribution is 9.10. The maximum Gasteiger partial charge on any atom is 0.150 e. The van der Waals surface area contributed by atoms with E-state index in [9.17, 15) is 4.79 Å². The molecule has 0 fully saturated rings. The summed E-state index contributed by atoms with van der Waals surface area (Å²) in [6, 6.07) is 13.7. The van der Waals surface area contributed by atoms with Crippen LogP contribution in [0, 0.1) is 0 Å². The third-order valence-corrected chi connectivity index (χ3v) is 3.72. The van der Waals surface area contributed by atoms with E-state index in [-0.39, 0.29) is 0 Å². The van der Waals surface area contributed by atoms with Crippen LogP contribution in [0.3, 0.4) is 0 Å². The average molecular weight is 348 g/mol. The molecule has 0 unspecified atom stereocenters. The second kappa shape index (κ2) is 7.38. The number of ether oxygens (including phenoxy) is 1. The average Bonchev–Trinajstić information content (AvgIpc) is 2.47. The number of carbonyl (C=O) groups is 1. The van der Waals surface area contributed by atoms with E-state index in [0.29, 0.717) is 5.56 Å². The molecule has 3 nitrogen and oxygen atoms in total. The minimum atomic E-state index is 0.668. The number of benzene rings is 2. The van der Waals surface area contributed by atoms with Crippen molar-refractivity contribution in [2.75, 3.05) is 14.2 Å². The molecule has 0 N–H and O–H groups in total. The van der Waals surface area contributed by atoms with Crippen LogP contribution in [0.1, 0.15) is 21.5 Å². The monoisotopic (exact) mass is 347 g/mol. The molecule has 0 amide bonds. The van der Waals surface area contributed by atoms with Gasteiger partial charge in [-0.15, -0.1) is 0 Å². The summed E-state index contributed by atoms with van der Waals surface area (Å²) < 4.78 is 6.44. The first-order chi connectivity index (χ1) is 10.1. The molecule has 2 aromatic carbocycles. The van der Waals surface area contributed by atoms with E-state index in [1.54, 1.807) is 13.2 Å². The van der Waals surface area contributed by atoms with Gasteiger partial charge in [-0.1, -0.05) is 28.1 Å². The van der Waals surface area contributed by atoms with Gasteiger partial charge < -0.3 is 4.74 Å². The zero-order valence-electron chi connectivity index (χ0n) is 12.2. The summed E-state index contributed by atoms with van der Waals surface area (Å²) in [5.41, 5.74) is 2.92. The van der Waals surface area contributed by atoms with E-state index in [2.05, 4.69) is 33.0 Å². The summed E-state index contributed by atoms with van der Waals surface area (Å²) in [5.74, 6) is 0.807. The molecule has 0 heterocycles. The Balaban J connectivity index is 2.11. The van der Waals surface area contributed by atoms with Crippen LogP contribution in [0.15, 0.2) is 46.9 Å². The van der Waals surface area contributed by atoms with Gasteiger partial charge in [0.1, 0.15) is 12.0 Å². The third-order valence-electron chi connectivity index (χ3n) is 3.22. The lowest BCUT2D eigenvalue weighted by molar-refractivity contribution is 0.112. The summed E-state index contributed by atoms with van der Waals surface area (Å²) in [6.07, 6.45) is 0.858. The van der Waals surface area contributed by atoms with Gasteiger partial charge in [0, 0.05) is 28.7 Å². The fourth-order valence-electron chi connectivity index (χ4n) is 2.29. The first-order valence-corrected chi connectivity index (χ1v) is 7.46. The largest absolute Gasteiger partial charge is 0.496 e. The van der Waals surface area contributed by atoms with Crippen LogP contribution < -0.4 is 4.74 Å². The molecular weight excluding hydrogens is 330 g/mol. The van der Waals surface area contributed by atoms with Crippen molar-refractivity contribution < 1.29 is 9.53 Å². The normalized spacial score (nSPS) is 10.7. The van der Waals surface area contributed by atoms with Crippen LogP contribution in [0.5, 0.6) is 5.75 Å². The number of nitrogens with zero attached hydrogens (tertiary/aromatic N) is 1. The van der Waals surface area contributed by atoms with Crippen LogP contribution in [0.25, 0.3) is 0 Å². The third kappa shape index (κ3) is 4.41. The van der Waals surface area contributed by atoms with Gasteiger partial charge in [-0.05, 0) is 42.9 Å². The van der Waals surface area contributed by atoms with E-state index in [0.717, 1.165) is 35.2 Å². The SMILES string of the molecule is COc1ccc(C=O)cc1CN(C)Cc1cccc(Br)c1. The molecule has 2 aromatic rings. The molecule has 0 bridgehead atoms. The van der Waals surface area contributed by atoms with Crippen molar-refractivity contribution >= 4 is 22.2 Å². The lowest BCUT2D eigenvalue weighted by atomic mass is 10.1. The molecule has 110 valence electrons. The summed E-state index contributed by atoms with van der Waals surface area (Å²) in [7, 11) is 3.70. The number of aldehydes is 1. The van der Waals surface area contributed by atoms with E-state index in [1.807, 2.05) is 31.3 Å². The summed E-state index contributed by atoms with van der Waals surface area (Å²) in [4.78, 5) is 13.1. The van der Waals surface area contributed by atoms with Crippen LogP contribution in [-0.4, -0.2) is 25.3 Å². The predicted molar refractivity (Wildman–Crippen MR) is 87.7 cm³/mol. The van der Waals surface area contributed by atoms with Crippen LogP contribution in [0.2, 0.25) is 0 Å². The predicted octanol–water partition coefficient (Wildman–Crippen LogP) is 3.90. The van der Waals surface area contributed by atoms with Gasteiger partial charge in [0.15, 0.2) is 0 Å². The minimum Gasteiger partial charge on any atom is -0.496 e. The van der Waals surface area contributed by atoms with Crippen molar-refractivity contribution in [3.8, 4) is 5.75 Å². The number of hydrogen-bond acceptors (Lipinski definition) is 3. The Labute approximate surface area is 133 Å². The number of hydrogen-bond donors (Lipinski definition) is 0. The van der Waals surface area contributed by atoms with Crippen molar-refractivity contribution in [3.63, 3.8) is 0 Å². The smallest absolute Gasteiger partial charge is 0.150 e. The molecule has 0 radical (unpaired) electrons. The first-order valence-electron chi connectivity index (χ1n) is 6.67. The molecule has 0 aliphatic rings. The highest BCUT2D eigenvalue weighted by Gasteiger charge is 2.08. The molecule has 0 aliphatic heterocycles. The van der Waals surface area contributed by atoms with E-state index in [4.69, 9.17) is 4.74 Å². The molecule has 21 heavy (non-hydrogen) atoms. The fourth-order valence-corrected chi connectivity index (χ4v) is 2.74.